The Morgan fingerprint density at radius 2 is 1.83 bits per heavy atom. The summed E-state index contributed by atoms with van der Waals surface area (Å²) < 4.78 is 15.1. The second-order valence-electron chi connectivity index (χ2n) is 8.11. The van der Waals surface area contributed by atoms with Crippen molar-refractivity contribution in [2.45, 2.75) is 5.72 Å². The summed E-state index contributed by atoms with van der Waals surface area (Å²) >= 11 is 11.8. The van der Waals surface area contributed by atoms with Crippen LogP contribution in [0.3, 0.4) is 0 Å². The number of halogens is 3. The van der Waals surface area contributed by atoms with Crippen molar-refractivity contribution in [1.82, 2.24) is 20.2 Å². The van der Waals surface area contributed by atoms with E-state index in [1.807, 2.05) is 0 Å². The van der Waals surface area contributed by atoms with Crippen molar-refractivity contribution >= 4 is 57.6 Å². The summed E-state index contributed by atoms with van der Waals surface area (Å²) in [5.74, 6) is -0.554. The van der Waals surface area contributed by atoms with Crippen LogP contribution in [0.4, 0.5) is 21.8 Å². The van der Waals surface area contributed by atoms with Gasteiger partial charge in [-0.3, -0.25) is 9.69 Å². The zero-order chi connectivity index (χ0) is 25.0. The molecule has 11 heteroatoms. The number of hydrogen-bond donors (Lipinski definition) is 3. The number of aromatic nitrogens is 4. The van der Waals surface area contributed by atoms with Crippen LogP contribution in [-0.2, 0) is 5.72 Å². The van der Waals surface area contributed by atoms with Gasteiger partial charge in [0.1, 0.15) is 0 Å². The molecule has 6 rings (SSSR count). The van der Waals surface area contributed by atoms with Crippen molar-refractivity contribution < 1.29 is 14.3 Å². The molecule has 0 saturated heterocycles. The smallest absolute Gasteiger partial charge is 0.261 e. The molecule has 1 atom stereocenters. The Hall–Kier alpha value is -4.05. The Labute approximate surface area is 213 Å². The second kappa shape index (κ2) is 8.27. The molecule has 3 N–H and O–H groups in total. The Morgan fingerprint density at radius 3 is 2.64 bits per heavy atom. The van der Waals surface area contributed by atoms with E-state index in [4.69, 9.17) is 23.2 Å². The number of carbonyl (C=O) groups excluding carboxylic acids is 1. The molecule has 2 aromatic heterocycles. The van der Waals surface area contributed by atoms with Gasteiger partial charge in [0.05, 0.1) is 21.7 Å². The zero-order valence-corrected chi connectivity index (χ0v) is 19.7. The van der Waals surface area contributed by atoms with Crippen LogP contribution in [-0.4, -0.2) is 31.2 Å². The van der Waals surface area contributed by atoms with Crippen molar-refractivity contribution in [3.05, 3.63) is 105 Å². The number of aliphatic hydroxyl groups is 1. The number of fused-ring (bicyclic) bond motifs is 2. The third-order valence-corrected chi connectivity index (χ3v) is 6.49. The normalized spacial score (nSPS) is 17.0. The number of benzene rings is 3. The predicted octanol–water partition coefficient (Wildman–Crippen LogP) is 5.40. The van der Waals surface area contributed by atoms with Crippen molar-refractivity contribution in [3.8, 4) is 0 Å². The predicted molar refractivity (Wildman–Crippen MR) is 134 cm³/mol. The highest BCUT2D eigenvalue weighted by atomic mass is 35.5. The van der Waals surface area contributed by atoms with E-state index in [2.05, 4.69) is 25.5 Å². The molecule has 3 aromatic carbocycles. The van der Waals surface area contributed by atoms with Crippen LogP contribution in [0, 0.1) is 5.82 Å². The van der Waals surface area contributed by atoms with Gasteiger partial charge >= 0.3 is 0 Å². The van der Waals surface area contributed by atoms with Gasteiger partial charge in [-0.15, -0.1) is 10.2 Å². The number of carbonyl (C=O) groups is 1. The maximum absolute atomic E-state index is 15.1. The molecular weight excluding hydrogens is 506 g/mol. The van der Waals surface area contributed by atoms with Crippen molar-refractivity contribution in [2.24, 2.45) is 0 Å². The lowest BCUT2D eigenvalue weighted by Crippen LogP contribution is -2.45. The van der Waals surface area contributed by atoms with E-state index in [-0.39, 0.29) is 21.4 Å². The highest BCUT2D eigenvalue weighted by molar-refractivity contribution is 6.31. The third-order valence-electron chi connectivity index (χ3n) is 5.99. The molecule has 178 valence electrons. The Bertz CT molecular complexity index is 1660. The van der Waals surface area contributed by atoms with Crippen LogP contribution < -0.4 is 10.2 Å². The molecule has 0 aliphatic carbocycles. The maximum Gasteiger partial charge on any atom is 0.261 e. The van der Waals surface area contributed by atoms with E-state index >= 15 is 4.39 Å². The van der Waals surface area contributed by atoms with Crippen LogP contribution in [0.1, 0.15) is 21.5 Å². The first-order valence-electron chi connectivity index (χ1n) is 10.7. The van der Waals surface area contributed by atoms with Gasteiger partial charge in [-0.25, -0.2) is 9.37 Å². The molecule has 1 aliphatic heterocycles. The average molecular weight is 521 g/mol. The summed E-state index contributed by atoms with van der Waals surface area (Å²) in [7, 11) is 0. The highest BCUT2D eigenvalue weighted by Crippen LogP contribution is 2.46. The van der Waals surface area contributed by atoms with Crippen LogP contribution in [0.25, 0.3) is 11.0 Å². The molecule has 1 unspecified atom stereocenters. The summed E-state index contributed by atoms with van der Waals surface area (Å²) in [4.78, 5) is 22.1. The number of aromatic amines is 1. The van der Waals surface area contributed by atoms with Gasteiger partial charge in [0.2, 0.25) is 5.95 Å². The molecule has 5 aromatic rings. The second-order valence-corrected chi connectivity index (χ2v) is 8.91. The summed E-state index contributed by atoms with van der Waals surface area (Å²) in [6.45, 7) is 0. The van der Waals surface area contributed by atoms with E-state index < -0.39 is 17.4 Å². The molecule has 36 heavy (non-hydrogen) atoms. The third kappa shape index (κ3) is 3.40. The zero-order valence-electron chi connectivity index (χ0n) is 18.2. The van der Waals surface area contributed by atoms with Crippen molar-refractivity contribution in [2.75, 3.05) is 10.2 Å². The number of rotatable bonds is 4. The topological polar surface area (TPSA) is 107 Å². The first kappa shape index (κ1) is 22.4. The lowest BCUT2D eigenvalue weighted by molar-refractivity contribution is 0.0699. The first-order chi connectivity index (χ1) is 17.4. The number of nitrogens with zero attached hydrogens (tertiary/aromatic N) is 4. The molecule has 0 radical (unpaired) electrons. The number of anilines is 3. The summed E-state index contributed by atoms with van der Waals surface area (Å²) in [5.41, 5.74) is -0.0867. The van der Waals surface area contributed by atoms with Gasteiger partial charge in [0, 0.05) is 16.7 Å². The van der Waals surface area contributed by atoms with Gasteiger partial charge < -0.3 is 15.4 Å². The quantitative estimate of drug-likeness (QED) is 0.293. The molecule has 0 bridgehead atoms. The fourth-order valence-corrected chi connectivity index (χ4v) is 4.65. The van der Waals surface area contributed by atoms with Crippen LogP contribution in [0.15, 0.2) is 72.8 Å². The van der Waals surface area contributed by atoms with E-state index in [1.54, 1.807) is 54.6 Å². The van der Waals surface area contributed by atoms with Gasteiger partial charge in [-0.1, -0.05) is 53.5 Å². The average Bonchev–Trinajstić information content (AvgIpc) is 3.38. The molecule has 0 spiro atoms. The van der Waals surface area contributed by atoms with Gasteiger partial charge in [-0.2, -0.15) is 0 Å². The SMILES string of the molecule is O=C1c2ccccc2C(O)(c2ccc3nc(Nc4ccc(Cl)nn4)[nH]c3c2)N1c1cccc(Cl)c1F. The summed E-state index contributed by atoms with van der Waals surface area (Å²) in [6.07, 6.45) is 0. The fourth-order valence-electron chi connectivity index (χ4n) is 4.38. The van der Waals surface area contributed by atoms with E-state index in [0.717, 1.165) is 4.90 Å². The number of amides is 1. The van der Waals surface area contributed by atoms with Gasteiger partial charge in [0.15, 0.2) is 22.5 Å². The number of imidazole rings is 1. The lowest BCUT2D eigenvalue weighted by atomic mass is 9.93. The van der Waals surface area contributed by atoms with Crippen LogP contribution >= 0.6 is 23.2 Å². The number of H-pyrrole nitrogens is 1. The highest BCUT2D eigenvalue weighted by Gasteiger charge is 2.51. The molecule has 8 nitrogen and oxygen atoms in total. The largest absolute Gasteiger partial charge is 0.363 e. The van der Waals surface area contributed by atoms with Crippen LogP contribution in [0.5, 0.6) is 0 Å². The summed E-state index contributed by atoms with van der Waals surface area (Å²) in [5, 5.41) is 23.0. The minimum atomic E-state index is -2.01. The minimum absolute atomic E-state index is 0.139. The standard InChI is InChI=1S/C25H15Cl2FN6O2/c26-16-6-3-7-19(22(16)28)34-23(35)14-4-1-2-5-15(14)25(34,36)13-8-9-17-18(12-13)30-24(29-17)31-21-11-10-20(27)32-33-21/h1-12,36H,(H2,29,30,31,33). The Kier molecular flexibility index (Phi) is 5.15. The number of hydrogen-bond acceptors (Lipinski definition) is 6. The van der Waals surface area contributed by atoms with Crippen molar-refractivity contribution in [1.29, 1.82) is 0 Å². The molecule has 3 heterocycles. The van der Waals surface area contributed by atoms with E-state index in [0.29, 0.717) is 33.9 Å². The van der Waals surface area contributed by atoms with Crippen molar-refractivity contribution in [3.63, 3.8) is 0 Å². The maximum atomic E-state index is 15.1. The van der Waals surface area contributed by atoms with Gasteiger partial charge in [0.25, 0.3) is 5.91 Å². The monoisotopic (exact) mass is 520 g/mol. The van der Waals surface area contributed by atoms with E-state index in [9.17, 15) is 9.90 Å². The lowest BCUT2D eigenvalue weighted by Gasteiger charge is -2.35. The summed E-state index contributed by atoms with van der Waals surface area (Å²) in [6, 6.07) is 19.1. The van der Waals surface area contributed by atoms with E-state index in [1.165, 1.54) is 18.2 Å². The molecule has 0 fully saturated rings. The molecule has 1 amide bonds. The fraction of sp³-hybridized carbons (Fsp3) is 0.0400. The first-order valence-corrected chi connectivity index (χ1v) is 11.5. The molecular formula is C25H15Cl2FN6O2. The van der Waals surface area contributed by atoms with Crippen LogP contribution in [0.2, 0.25) is 10.2 Å². The van der Waals surface area contributed by atoms with Gasteiger partial charge in [-0.05, 0) is 42.5 Å². The Balaban J connectivity index is 1.48. The minimum Gasteiger partial charge on any atom is -0.363 e. The Morgan fingerprint density at radius 1 is 1.00 bits per heavy atom. The number of nitrogens with one attached hydrogen (secondary N) is 2. The molecule has 0 saturated carbocycles. The molecule has 1 aliphatic rings.